The number of nitrogens with zero attached hydrogens (tertiary/aromatic N) is 1. The van der Waals surface area contributed by atoms with Crippen LogP contribution in [-0.4, -0.2) is 23.9 Å². The molecule has 1 heterocycles. The Morgan fingerprint density at radius 2 is 2.09 bits per heavy atom. The summed E-state index contributed by atoms with van der Waals surface area (Å²) in [5, 5.41) is 5.03. The monoisotopic (exact) mass is 316 g/mol. The lowest BCUT2D eigenvalue weighted by molar-refractivity contribution is -0.125. The Morgan fingerprint density at radius 3 is 2.73 bits per heavy atom. The lowest BCUT2D eigenvalue weighted by atomic mass is 10.0. The minimum Gasteiger partial charge on any atom is -0.350 e. The maximum Gasteiger partial charge on any atom is 0.237 e. The molecule has 3 nitrogen and oxygen atoms in total. The van der Waals surface area contributed by atoms with Crippen molar-refractivity contribution in [1.82, 2.24) is 10.2 Å². The Bertz CT molecular complexity index is 622. The standard InChI is InChI=1S/C18H24N2OS/c1-13-7-8-16(14(2)10-13)12-20(4)15(3)18(21)19-11-17-6-5-9-22-17/h5-10,15H,11-12H2,1-4H3,(H,19,21)/t15-/m1/s1. The van der Waals surface area contributed by atoms with Gasteiger partial charge in [-0.15, -0.1) is 11.3 Å². The van der Waals surface area contributed by atoms with E-state index in [4.69, 9.17) is 0 Å². The topological polar surface area (TPSA) is 32.3 Å². The van der Waals surface area contributed by atoms with Crippen molar-refractivity contribution in [3.8, 4) is 0 Å². The van der Waals surface area contributed by atoms with Crippen LogP contribution in [0.5, 0.6) is 0 Å². The smallest absolute Gasteiger partial charge is 0.237 e. The molecule has 1 aromatic carbocycles. The highest BCUT2D eigenvalue weighted by Gasteiger charge is 2.18. The number of nitrogens with one attached hydrogen (secondary N) is 1. The molecule has 0 fully saturated rings. The van der Waals surface area contributed by atoms with Gasteiger partial charge < -0.3 is 5.32 Å². The van der Waals surface area contributed by atoms with Crippen LogP contribution in [-0.2, 0) is 17.9 Å². The summed E-state index contributed by atoms with van der Waals surface area (Å²) in [5.74, 6) is 0.0701. The molecule has 0 aliphatic carbocycles. The second-order valence-electron chi connectivity index (χ2n) is 5.82. The molecule has 4 heteroatoms. The maximum atomic E-state index is 12.3. The van der Waals surface area contributed by atoms with Crippen molar-refractivity contribution in [3.63, 3.8) is 0 Å². The molecule has 1 aromatic heterocycles. The van der Waals surface area contributed by atoms with Crippen LogP contribution in [0.3, 0.4) is 0 Å². The molecule has 0 spiro atoms. The van der Waals surface area contributed by atoms with Gasteiger partial charge in [-0.2, -0.15) is 0 Å². The van der Waals surface area contributed by atoms with Crippen molar-refractivity contribution in [2.45, 2.75) is 39.9 Å². The number of carbonyl (C=O) groups is 1. The van der Waals surface area contributed by atoms with E-state index in [1.165, 1.54) is 21.6 Å². The Labute approximate surface area is 137 Å². The molecule has 0 bridgehead atoms. The number of carbonyl (C=O) groups excluding carboxylic acids is 1. The first-order valence-corrected chi connectivity index (χ1v) is 8.42. The quantitative estimate of drug-likeness (QED) is 0.884. The fourth-order valence-corrected chi connectivity index (χ4v) is 3.01. The van der Waals surface area contributed by atoms with E-state index in [1.54, 1.807) is 11.3 Å². The van der Waals surface area contributed by atoms with Crippen molar-refractivity contribution in [1.29, 1.82) is 0 Å². The lowest BCUT2D eigenvalue weighted by Crippen LogP contribution is -2.42. The Morgan fingerprint density at radius 1 is 1.32 bits per heavy atom. The first kappa shape index (κ1) is 16.7. The van der Waals surface area contributed by atoms with E-state index in [1.807, 2.05) is 31.5 Å². The largest absolute Gasteiger partial charge is 0.350 e. The van der Waals surface area contributed by atoms with E-state index in [-0.39, 0.29) is 11.9 Å². The van der Waals surface area contributed by atoms with Crippen molar-refractivity contribution in [2.75, 3.05) is 7.05 Å². The van der Waals surface area contributed by atoms with Gasteiger partial charge in [0.05, 0.1) is 12.6 Å². The molecule has 0 saturated carbocycles. The summed E-state index contributed by atoms with van der Waals surface area (Å²) in [5.41, 5.74) is 3.81. The van der Waals surface area contributed by atoms with Gasteiger partial charge in [-0.05, 0) is 50.4 Å². The van der Waals surface area contributed by atoms with Gasteiger partial charge in [0.2, 0.25) is 5.91 Å². The molecule has 0 aliphatic rings. The number of hydrogen-bond acceptors (Lipinski definition) is 3. The van der Waals surface area contributed by atoms with Gasteiger partial charge in [0.25, 0.3) is 0 Å². The highest BCUT2D eigenvalue weighted by atomic mass is 32.1. The van der Waals surface area contributed by atoms with Crippen LogP contribution in [0.25, 0.3) is 0 Å². The molecule has 1 amide bonds. The van der Waals surface area contributed by atoms with Crippen LogP contribution in [0, 0.1) is 13.8 Å². The third-order valence-electron chi connectivity index (χ3n) is 3.98. The maximum absolute atomic E-state index is 12.3. The van der Waals surface area contributed by atoms with Gasteiger partial charge in [-0.1, -0.05) is 29.8 Å². The van der Waals surface area contributed by atoms with Crippen molar-refractivity contribution < 1.29 is 4.79 Å². The van der Waals surface area contributed by atoms with Gasteiger partial charge in [0, 0.05) is 11.4 Å². The van der Waals surface area contributed by atoms with Crippen LogP contribution in [0.4, 0.5) is 0 Å². The summed E-state index contributed by atoms with van der Waals surface area (Å²) >= 11 is 1.66. The fourth-order valence-electron chi connectivity index (χ4n) is 2.36. The Balaban J connectivity index is 1.90. The lowest BCUT2D eigenvalue weighted by Gasteiger charge is -2.24. The number of amides is 1. The SMILES string of the molecule is Cc1ccc(CN(C)[C@H](C)C(=O)NCc2cccs2)c(C)c1. The molecule has 2 rings (SSSR count). The zero-order valence-corrected chi connectivity index (χ0v) is 14.5. The summed E-state index contributed by atoms with van der Waals surface area (Å²) < 4.78 is 0. The van der Waals surface area contributed by atoms with Crippen LogP contribution in [0.2, 0.25) is 0 Å². The second kappa shape index (κ2) is 7.56. The normalized spacial score (nSPS) is 12.4. The summed E-state index contributed by atoms with van der Waals surface area (Å²) in [6.45, 7) is 7.56. The van der Waals surface area contributed by atoms with Gasteiger partial charge in [-0.3, -0.25) is 9.69 Å². The number of thiophene rings is 1. The molecule has 0 radical (unpaired) electrons. The number of likely N-dealkylation sites (N-methyl/N-ethyl adjacent to an activating group) is 1. The van der Waals surface area contributed by atoms with Gasteiger partial charge >= 0.3 is 0 Å². The van der Waals surface area contributed by atoms with Gasteiger partial charge in [0.1, 0.15) is 0 Å². The van der Waals surface area contributed by atoms with Crippen LogP contribution in [0.1, 0.15) is 28.5 Å². The summed E-state index contributed by atoms with van der Waals surface area (Å²) in [4.78, 5) is 15.5. The van der Waals surface area contributed by atoms with E-state index in [0.717, 1.165) is 6.54 Å². The molecule has 1 atom stereocenters. The number of benzene rings is 1. The highest BCUT2D eigenvalue weighted by molar-refractivity contribution is 7.09. The van der Waals surface area contributed by atoms with E-state index in [2.05, 4.69) is 42.3 Å². The van der Waals surface area contributed by atoms with Crippen molar-refractivity contribution in [3.05, 3.63) is 57.3 Å². The summed E-state index contributed by atoms with van der Waals surface area (Å²) in [7, 11) is 1.99. The van der Waals surface area contributed by atoms with Crippen molar-refractivity contribution >= 4 is 17.2 Å². The Hall–Kier alpha value is -1.65. The first-order valence-electron chi connectivity index (χ1n) is 7.54. The number of hydrogen-bond donors (Lipinski definition) is 1. The van der Waals surface area contributed by atoms with Crippen LogP contribution in [0.15, 0.2) is 35.7 Å². The van der Waals surface area contributed by atoms with E-state index < -0.39 is 0 Å². The zero-order chi connectivity index (χ0) is 16.1. The fraction of sp³-hybridized carbons (Fsp3) is 0.389. The average Bonchev–Trinajstić information content (AvgIpc) is 3.00. The molecule has 1 N–H and O–H groups in total. The Kier molecular flexibility index (Phi) is 5.75. The number of rotatable bonds is 6. The summed E-state index contributed by atoms with van der Waals surface area (Å²) in [6.07, 6.45) is 0. The predicted octanol–water partition coefficient (Wildman–Crippen LogP) is 3.50. The van der Waals surface area contributed by atoms with Gasteiger partial charge in [-0.25, -0.2) is 0 Å². The van der Waals surface area contributed by atoms with E-state index in [9.17, 15) is 4.79 Å². The van der Waals surface area contributed by atoms with E-state index in [0.29, 0.717) is 6.54 Å². The molecule has 118 valence electrons. The molecule has 0 aliphatic heterocycles. The van der Waals surface area contributed by atoms with Crippen molar-refractivity contribution in [2.24, 2.45) is 0 Å². The van der Waals surface area contributed by atoms with Gasteiger partial charge in [0.15, 0.2) is 0 Å². The second-order valence-corrected chi connectivity index (χ2v) is 6.85. The predicted molar refractivity (Wildman–Crippen MR) is 93.0 cm³/mol. The molecular formula is C18H24N2OS. The molecule has 0 saturated heterocycles. The summed E-state index contributed by atoms with van der Waals surface area (Å²) in [6, 6.07) is 10.3. The molecule has 22 heavy (non-hydrogen) atoms. The first-order chi connectivity index (χ1) is 10.5. The average molecular weight is 316 g/mol. The highest BCUT2D eigenvalue weighted by Crippen LogP contribution is 2.14. The van der Waals surface area contributed by atoms with Crippen LogP contribution < -0.4 is 5.32 Å². The minimum absolute atomic E-state index is 0.0701. The zero-order valence-electron chi connectivity index (χ0n) is 13.7. The molecule has 2 aromatic rings. The molecule has 0 unspecified atom stereocenters. The third-order valence-corrected chi connectivity index (χ3v) is 4.85. The minimum atomic E-state index is -0.152. The van der Waals surface area contributed by atoms with Crippen LogP contribution >= 0.6 is 11.3 Å². The number of aryl methyl sites for hydroxylation is 2. The molecular weight excluding hydrogens is 292 g/mol. The third kappa shape index (κ3) is 4.42. The van der Waals surface area contributed by atoms with E-state index >= 15 is 0 Å².